The Balaban J connectivity index is 1.46. The van der Waals surface area contributed by atoms with Crippen molar-refractivity contribution in [2.45, 2.75) is 32.9 Å². The van der Waals surface area contributed by atoms with Gasteiger partial charge in [0.05, 0.1) is 23.5 Å². The Morgan fingerprint density at radius 2 is 2.27 bits per heavy atom. The molecule has 4 rings (SSSR count). The lowest BCUT2D eigenvalue weighted by Gasteiger charge is -2.31. The predicted molar refractivity (Wildman–Crippen MR) is 104 cm³/mol. The first kappa shape index (κ1) is 17.2. The van der Waals surface area contributed by atoms with Gasteiger partial charge in [-0.15, -0.1) is 11.3 Å². The van der Waals surface area contributed by atoms with Crippen LogP contribution in [0.3, 0.4) is 0 Å². The van der Waals surface area contributed by atoms with Crippen LogP contribution in [-0.2, 0) is 17.9 Å². The number of piperidine rings is 1. The van der Waals surface area contributed by atoms with E-state index in [-0.39, 0.29) is 11.8 Å². The molecule has 1 amide bonds. The third-order valence-electron chi connectivity index (χ3n) is 4.95. The molecule has 0 saturated carbocycles. The number of rotatable bonds is 5. The maximum Gasteiger partial charge on any atom is 0.230 e. The van der Waals surface area contributed by atoms with E-state index in [1.54, 1.807) is 6.20 Å². The molecule has 1 saturated heterocycles. The van der Waals surface area contributed by atoms with Gasteiger partial charge in [0.25, 0.3) is 0 Å². The minimum Gasteiger partial charge on any atom is -0.327 e. The molecule has 1 aliphatic heterocycles. The summed E-state index contributed by atoms with van der Waals surface area (Å²) in [6.45, 7) is 5.61. The van der Waals surface area contributed by atoms with Crippen LogP contribution in [0.1, 0.15) is 25.6 Å². The van der Waals surface area contributed by atoms with E-state index in [0.717, 1.165) is 50.4 Å². The molecule has 1 N–H and O–H groups in total. The number of thiazole rings is 1. The lowest BCUT2D eigenvalue weighted by atomic mass is 9.97. The first-order valence-corrected chi connectivity index (χ1v) is 9.99. The van der Waals surface area contributed by atoms with Crippen LogP contribution in [-0.4, -0.2) is 38.4 Å². The number of nitrogens with zero attached hydrogens (tertiary/aromatic N) is 4. The fraction of sp³-hybridized carbons (Fsp3) is 0.421. The second-order valence-electron chi connectivity index (χ2n) is 6.66. The van der Waals surface area contributed by atoms with Crippen molar-refractivity contribution in [3.05, 3.63) is 41.7 Å². The Morgan fingerprint density at radius 1 is 1.38 bits per heavy atom. The molecule has 1 fully saturated rings. The van der Waals surface area contributed by atoms with Crippen molar-refractivity contribution in [3.8, 4) is 0 Å². The number of anilines is 1. The van der Waals surface area contributed by atoms with Crippen LogP contribution >= 0.6 is 11.3 Å². The summed E-state index contributed by atoms with van der Waals surface area (Å²) in [6, 6.07) is 8.26. The second-order valence-corrected chi connectivity index (χ2v) is 7.56. The summed E-state index contributed by atoms with van der Waals surface area (Å²) in [6.07, 6.45) is 3.67. The molecule has 1 aliphatic rings. The quantitative estimate of drug-likeness (QED) is 0.749. The topological polar surface area (TPSA) is 63.1 Å². The van der Waals surface area contributed by atoms with Crippen molar-refractivity contribution < 1.29 is 4.79 Å². The van der Waals surface area contributed by atoms with Crippen LogP contribution in [0.25, 0.3) is 11.0 Å². The molecule has 136 valence electrons. The molecule has 0 aliphatic carbocycles. The van der Waals surface area contributed by atoms with E-state index < -0.39 is 0 Å². The summed E-state index contributed by atoms with van der Waals surface area (Å²) >= 11 is 1.46. The van der Waals surface area contributed by atoms with Crippen molar-refractivity contribution in [2.24, 2.45) is 5.92 Å². The number of hydrogen-bond acceptors (Lipinski definition) is 5. The number of para-hydroxylation sites is 2. The molecule has 6 nitrogen and oxygen atoms in total. The van der Waals surface area contributed by atoms with E-state index in [2.05, 4.69) is 44.9 Å². The number of imidazole rings is 1. The van der Waals surface area contributed by atoms with Gasteiger partial charge in [0.15, 0.2) is 5.13 Å². The van der Waals surface area contributed by atoms with Crippen LogP contribution < -0.4 is 5.32 Å². The molecule has 3 aromatic rings. The maximum atomic E-state index is 12.5. The van der Waals surface area contributed by atoms with Gasteiger partial charge in [-0.05, 0) is 38.4 Å². The molecule has 26 heavy (non-hydrogen) atoms. The summed E-state index contributed by atoms with van der Waals surface area (Å²) < 4.78 is 2.27. The summed E-state index contributed by atoms with van der Waals surface area (Å²) in [5.41, 5.74) is 2.22. The second kappa shape index (κ2) is 7.55. The SMILES string of the molecule is CCn1c(CN2CCC[C@@H](C(=O)Nc3nccs3)C2)nc2ccccc21. The summed E-state index contributed by atoms with van der Waals surface area (Å²) in [7, 11) is 0. The molecular formula is C19H23N5OS. The molecule has 1 aromatic carbocycles. The number of nitrogens with one attached hydrogen (secondary N) is 1. The lowest BCUT2D eigenvalue weighted by Crippen LogP contribution is -2.40. The highest BCUT2D eigenvalue weighted by Gasteiger charge is 2.27. The van der Waals surface area contributed by atoms with Gasteiger partial charge >= 0.3 is 0 Å². The third-order valence-corrected chi connectivity index (χ3v) is 5.64. The Hall–Kier alpha value is -2.25. The van der Waals surface area contributed by atoms with Crippen molar-refractivity contribution in [1.82, 2.24) is 19.4 Å². The van der Waals surface area contributed by atoms with Gasteiger partial charge in [0, 0.05) is 24.7 Å². The smallest absolute Gasteiger partial charge is 0.230 e. The zero-order valence-corrected chi connectivity index (χ0v) is 15.7. The largest absolute Gasteiger partial charge is 0.327 e. The number of aryl methyl sites for hydroxylation is 1. The van der Waals surface area contributed by atoms with Gasteiger partial charge in [-0.25, -0.2) is 9.97 Å². The van der Waals surface area contributed by atoms with Gasteiger partial charge in [-0.1, -0.05) is 12.1 Å². The monoisotopic (exact) mass is 369 g/mol. The minimum atomic E-state index is 0.00658. The summed E-state index contributed by atoms with van der Waals surface area (Å²) in [5, 5.41) is 5.49. The number of benzene rings is 1. The zero-order valence-electron chi connectivity index (χ0n) is 14.9. The molecule has 1 atom stereocenters. The van der Waals surface area contributed by atoms with E-state index in [9.17, 15) is 4.79 Å². The van der Waals surface area contributed by atoms with Crippen LogP contribution in [0.4, 0.5) is 5.13 Å². The summed E-state index contributed by atoms with van der Waals surface area (Å²) in [5.74, 6) is 1.16. The molecule has 0 bridgehead atoms. The molecule has 7 heteroatoms. The van der Waals surface area contributed by atoms with Crippen molar-refractivity contribution in [2.75, 3.05) is 18.4 Å². The molecule has 0 spiro atoms. The number of aromatic nitrogens is 3. The van der Waals surface area contributed by atoms with Crippen LogP contribution in [0.2, 0.25) is 0 Å². The van der Waals surface area contributed by atoms with E-state index in [1.807, 2.05) is 11.4 Å². The highest BCUT2D eigenvalue weighted by molar-refractivity contribution is 7.13. The first-order valence-electron chi connectivity index (χ1n) is 9.11. The van der Waals surface area contributed by atoms with Gasteiger partial charge in [-0.3, -0.25) is 9.69 Å². The highest BCUT2D eigenvalue weighted by atomic mass is 32.1. The van der Waals surface area contributed by atoms with Crippen LogP contribution in [0.5, 0.6) is 0 Å². The normalized spacial score (nSPS) is 18.3. The Bertz CT molecular complexity index is 889. The number of carbonyl (C=O) groups excluding carboxylic acids is 1. The fourth-order valence-electron chi connectivity index (χ4n) is 3.70. The molecular weight excluding hydrogens is 346 g/mol. The minimum absolute atomic E-state index is 0.00658. The number of amides is 1. The van der Waals surface area contributed by atoms with Gasteiger partial charge in [0.2, 0.25) is 5.91 Å². The Labute approximate surface area is 156 Å². The number of carbonyl (C=O) groups is 1. The Morgan fingerprint density at radius 3 is 3.08 bits per heavy atom. The van der Waals surface area contributed by atoms with Gasteiger partial charge in [-0.2, -0.15) is 0 Å². The van der Waals surface area contributed by atoms with Crippen molar-refractivity contribution in [1.29, 1.82) is 0 Å². The van der Waals surface area contributed by atoms with Gasteiger partial charge in [0.1, 0.15) is 5.82 Å². The van der Waals surface area contributed by atoms with E-state index in [4.69, 9.17) is 4.98 Å². The number of fused-ring (bicyclic) bond motifs is 1. The highest BCUT2D eigenvalue weighted by Crippen LogP contribution is 2.23. The molecule has 3 heterocycles. The molecule has 2 aromatic heterocycles. The lowest BCUT2D eigenvalue weighted by molar-refractivity contribution is -0.121. The molecule has 0 radical (unpaired) electrons. The van der Waals surface area contributed by atoms with Gasteiger partial charge < -0.3 is 9.88 Å². The third kappa shape index (κ3) is 3.50. The number of hydrogen-bond donors (Lipinski definition) is 1. The average molecular weight is 369 g/mol. The van der Waals surface area contributed by atoms with E-state index in [1.165, 1.54) is 16.9 Å². The standard InChI is InChI=1S/C19H23N5OS/c1-2-24-16-8-4-3-7-15(16)21-17(24)13-23-10-5-6-14(12-23)18(25)22-19-20-9-11-26-19/h3-4,7-9,11,14H,2,5-6,10,12-13H2,1H3,(H,20,22,25)/t14-/m1/s1. The Kier molecular flexibility index (Phi) is 4.99. The average Bonchev–Trinajstić information content (AvgIpc) is 3.28. The van der Waals surface area contributed by atoms with Crippen molar-refractivity contribution in [3.63, 3.8) is 0 Å². The first-order chi connectivity index (χ1) is 12.7. The summed E-state index contributed by atoms with van der Waals surface area (Å²) in [4.78, 5) is 23.9. The van der Waals surface area contributed by atoms with Crippen molar-refractivity contribution >= 4 is 33.4 Å². The van der Waals surface area contributed by atoms with E-state index in [0.29, 0.717) is 5.13 Å². The van der Waals surface area contributed by atoms with Crippen LogP contribution in [0.15, 0.2) is 35.8 Å². The zero-order chi connectivity index (χ0) is 17.9. The fourth-order valence-corrected chi connectivity index (χ4v) is 4.24. The molecule has 0 unspecified atom stereocenters. The van der Waals surface area contributed by atoms with Crippen LogP contribution in [0, 0.1) is 5.92 Å². The number of likely N-dealkylation sites (tertiary alicyclic amines) is 1. The predicted octanol–water partition coefficient (Wildman–Crippen LogP) is 3.36. The maximum absolute atomic E-state index is 12.5. The van der Waals surface area contributed by atoms with E-state index >= 15 is 0 Å².